The Morgan fingerprint density at radius 3 is 2.81 bits per heavy atom. The molecule has 3 aromatic rings. The van der Waals surface area contributed by atoms with Crippen LogP contribution in [0.5, 0.6) is 11.5 Å². The molecular formula is C23H21N7O4S2. The molecule has 1 aromatic carbocycles. The van der Waals surface area contributed by atoms with E-state index in [-0.39, 0.29) is 23.6 Å². The number of aromatic nitrogens is 3. The van der Waals surface area contributed by atoms with E-state index in [1.165, 1.54) is 45.8 Å². The van der Waals surface area contributed by atoms with E-state index in [0.29, 0.717) is 32.9 Å². The topological polar surface area (TPSA) is 135 Å². The zero-order valence-electron chi connectivity index (χ0n) is 19.6. The van der Waals surface area contributed by atoms with Crippen molar-refractivity contribution >= 4 is 56.1 Å². The van der Waals surface area contributed by atoms with Crippen molar-refractivity contribution in [2.75, 3.05) is 7.11 Å². The number of carbonyl (C=O) groups excluding carboxylic acids is 1. The van der Waals surface area contributed by atoms with E-state index in [1.54, 1.807) is 24.3 Å². The van der Waals surface area contributed by atoms with Gasteiger partial charge in [0.1, 0.15) is 16.7 Å². The highest BCUT2D eigenvalue weighted by molar-refractivity contribution is 8.26. The Balaban J connectivity index is 1.36. The molecule has 4 heterocycles. The predicted molar refractivity (Wildman–Crippen MR) is 139 cm³/mol. The molecule has 13 heteroatoms. The first-order valence-corrected chi connectivity index (χ1v) is 12.7. The molecule has 0 atom stereocenters. The Labute approximate surface area is 213 Å². The minimum atomic E-state index is -0.489. The second-order valence-corrected chi connectivity index (χ2v) is 10.1. The molecule has 0 fully saturated rings. The molecule has 1 N–H and O–H groups in total. The van der Waals surface area contributed by atoms with E-state index < -0.39 is 5.91 Å². The van der Waals surface area contributed by atoms with Crippen molar-refractivity contribution in [3.8, 4) is 11.5 Å². The number of nitrogens with one attached hydrogen (secondary N) is 1. The van der Waals surface area contributed by atoms with Gasteiger partial charge in [0.25, 0.3) is 11.5 Å². The smallest absolute Gasteiger partial charge is 0.283 e. The van der Waals surface area contributed by atoms with Crippen LogP contribution in [0.2, 0.25) is 0 Å². The molecule has 0 saturated carbocycles. The number of nitrogens with zero attached hydrogens (tertiary/aromatic N) is 6. The lowest BCUT2D eigenvalue weighted by molar-refractivity contribution is -0.114. The molecule has 184 valence electrons. The first-order valence-electron chi connectivity index (χ1n) is 11.0. The lowest BCUT2D eigenvalue weighted by atomic mass is 10.1. The van der Waals surface area contributed by atoms with E-state index in [4.69, 9.17) is 14.9 Å². The number of aliphatic imine (C=N–C) groups is 1. The van der Waals surface area contributed by atoms with Crippen LogP contribution in [-0.2, 0) is 11.4 Å². The van der Waals surface area contributed by atoms with Crippen LogP contribution in [0.15, 0.2) is 44.7 Å². The van der Waals surface area contributed by atoms with Crippen LogP contribution in [-0.4, -0.2) is 48.7 Å². The number of benzene rings is 1. The number of amidine groups is 2. The van der Waals surface area contributed by atoms with Gasteiger partial charge in [-0.15, -0.1) is 0 Å². The minimum absolute atomic E-state index is 0.0195. The average molecular weight is 524 g/mol. The highest BCUT2D eigenvalue weighted by Gasteiger charge is 2.35. The third-order valence-electron chi connectivity index (χ3n) is 5.23. The molecule has 0 saturated heterocycles. The second kappa shape index (κ2) is 9.66. The summed E-state index contributed by atoms with van der Waals surface area (Å²) in [5.41, 5.74) is 0.964. The summed E-state index contributed by atoms with van der Waals surface area (Å²) in [6.45, 7) is 3.91. The SMILES string of the molecule is CCCC1=NN2C(=N)/C(=C/c3ccc(OCc4cc(=O)n5nc(C)sc5n4)c(OC)c3)C(=O)N=C2S1. The maximum atomic E-state index is 12.6. The van der Waals surface area contributed by atoms with Gasteiger partial charge in [-0.3, -0.25) is 15.0 Å². The standard InChI is InChI=1S/C23H21N7O4S2/c1-4-5-18-28-30-20(24)15(21(32)26-23(30)36-18)8-13-6-7-16(17(9-13)33-3)34-11-14-10-19(31)29-22(25-14)35-12(2)27-29/h6-10,24H,4-5,11H2,1-3H3/b15-8-,24-20?. The number of ether oxygens (including phenoxy) is 2. The summed E-state index contributed by atoms with van der Waals surface area (Å²) in [4.78, 5) is 33.9. The van der Waals surface area contributed by atoms with Crippen LogP contribution < -0.4 is 15.0 Å². The summed E-state index contributed by atoms with van der Waals surface area (Å²) < 4.78 is 12.6. The van der Waals surface area contributed by atoms with E-state index in [0.717, 1.165) is 22.9 Å². The molecule has 0 spiro atoms. The highest BCUT2D eigenvalue weighted by Crippen LogP contribution is 2.32. The van der Waals surface area contributed by atoms with Crippen molar-refractivity contribution in [1.29, 1.82) is 5.41 Å². The third-order valence-corrected chi connectivity index (χ3v) is 7.03. The van der Waals surface area contributed by atoms with Gasteiger partial charge in [0.2, 0.25) is 10.1 Å². The van der Waals surface area contributed by atoms with E-state index in [9.17, 15) is 9.59 Å². The number of hydrogen-bond acceptors (Lipinski definition) is 10. The van der Waals surface area contributed by atoms with Crippen LogP contribution in [0.4, 0.5) is 0 Å². The van der Waals surface area contributed by atoms with Crippen molar-refractivity contribution in [3.05, 3.63) is 56.5 Å². The van der Waals surface area contributed by atoms with Gasteiger partial charge in [0.05, 0.1) is 18.4 Å². The molecule has 2 aliphatic rings. The largest absolute Gasteiger partial charge is 0.493 e. The Kier molecular flexibility index (Phi) is 6.41. The summed E-state index contributed by atoms with van der Waals surface area (Å²) in [6.07, 6.45) is 3.26. The summed E-state index contributed by atoms with van der Waals surface area (Å²) >= 11 is 2.64. The maximum Gasteiger partial charge on any atom is 0.283 e. The highest BCUT2D eigenvalue weighted by atomic mass is 32.2. The zero-order valence-corrected chi connectivity index (χ0v) is 21.3. The average Bonchev–Trinajstić information content (AvgIpc) is 3.43. The number of aryl methyl sites for hydroxylation is 1. The predicted octanol–water partition coefficient (Wildman–Crippen LogP) is 3.47. The van der Waals surface area contributed by atoms with Crippen molar-refractivity contribution in [1.82, 2.24) is 19.6 Å². The van der Waals surface area contributed by atoms with Gasteiger partial charge < -0.3 is 9.47 Å². The van der Waals surface area contributed by atoms with E-state index in [2.05, 4.69) is 20.2 Å². The van der Waals surface area contributed by atoms with Crippen molar-refractivity contribution < 1.29 is 14.3 Å². The molecule has 2 aromatic heterocycles. The molecule has 0 bridgehead atoms. The molecule has 1 amide bonds. The fourth-order valence-electron chi connectivity index (χ4n) is 3.58. The Bertz CT molecular complexity index is 1550. The van der Waals surface area contributed by atoms with Gasteiger partial charge in [-0.1, -0.05) is 24.3 Å². The van der Waals surface area contributed by atoms with Gasteiger partial charge in [-0.05, 0) is 55.3 Å². The Hall–Kier alpha value is -3.84. The quantitative estimate of drug-likeness (QED) is 0.465. The number of carbonyl (C=O) groups is 1. The first kappa shape index (κ1) is 23.9. The van der Waals surface area contributed by atoms with Gasteiger partial charge in [-0.25, -0.2) is 4.98 Å². The number of thioether (sulfide) groups is 1. The van der Waals surface area contributed by atoms with Crippen LogP contribution in [0, 0.1) is 12.3 Å². The van der Waals surface area contributed by atoms with Gasteiger partial charge >= 0.3 is 0 Å². The second-order valence-electron chi connectivity index (χ2n) is 7.86. The summed E-state index contributed by atoms with van der Waals surface area (Å²) in [7, 11) is 1.51. The van der Waals surface area contributed by atoms with E-state index >= 15 is 0 Å². The molecule has 0 aliphatic carbocycles. The molecule has 2 aliphatic heterocycles. The van der Waals surface area contributed by atoms with Crippen LogP contribution in [0.3, 0.4) is 0 Å². The summed E-state index contributed by atoms with van der Waals surface area (Å²) in [5, 5.41) is 20.4. The number of methoxy groups -OCH3 is 1. The lowest BCUT2D eigenvalue weighted by Gasteiger charge is -2.20. The number of fused-ring (bicyclic) bond motifs is 2. The number of hydrogen-bond donors (Lipinski definition) is 1. The van der Waals surface area contributed by atoms with Crippen molar-refractivity contribution in [2.24, 2.45) is 10.1 Å². The van der Waals surface area contributed by atoms with Gasteiger partial charge in [-0.2, -0.15) is 24.7 Å². The molecule has 0 unspecified atom stereocenters. The molecule has 5 rings (SSSR count). The van der Waals surface area contributed by atoms with Gasteiger partial charge in [0, 0.05) is 6.07 Å². The monoisotopic (exact) mass is 523 g/mol. The van der Waals surface area contributed by atoms with Crippen molar-refractivity contribution in [3.63, 3.8) is 0 Å². The Morgan fingerprint density at radius 1 is 1.19 bits per heavy atom. The first-order chi connectivity index (χ1) is 17.4. The molecule has 36 heavy (non-hydrogen) atoms. The lowest BCUT2D eigenvalue weighted by Crippen LogP contribution is -2.35. The van der Waals surface area contributed by atoms with Crippen LogP contribution in [0.25, 0.3) is 11.0 Å². The van der Waals surface area contributed by atoms with Gasteiger partial charge in [0.15, 0.2) is 17.3 Å². The molecule has 0 radical (unpaired) electrons. The van der Waals surface area contributed by atoms with E-state index in [1.807, 2.05) is 13.8 Å². The van der Waals surface area contributed by atoms with Crippen LogP contribution >= 0.6 is 23.1 Å². The Morgan fingerprint density at radius 2 is 2.03 bits per heavy atom. The fourth-order valence-corrected chi connectivity index (χ4v) is 5.34. The normalized spacial score (nSPS) is 16.4. The fraction of sp³-hybridized carbons (Fsp3) is 0.261. The summed E-state index contributed by atoms with van der Waals surface area (Å²) in [6, 6.07) is 6.53. The number of amides is 1. The number of hydrazone groups is 1. The molecular weight excluding hydrogens is 502 g/mol. The number of rotatable bonds is 7. The maximum absolute atomic E-state index is 12.6. The summed E-state index contributed by atoms with van der Waals surface area (Å²) in [5.74, 6) is 0.359. The van der Waals surface area contributed by atoms with Crippen LogP contribution in [0.1, 0.15) is 36.0 Å². The zero-order chi connectivity index (χ0) is 25.4. The molecule has 11 nitrogen and oxygen atoms in total. The third kappa shape index (κ3) is 4.54. The van der Waals surface area contributed by atoms with Crippen molar-refractivity contribution in [2.45, 2.75) is 33.3 Å². The minimum Gasteiger partial charge on any atom is -0.493 e.